The minimum Gasteiger partial charge on any atom is -0.363 e. The van der Waals surface area contributed by atoms with E-state index < -0.39 is 0 Å². The van der Waals surface area contributed by atoms with Gasteiger partial charge in [-0.1, -0.05) is 5.92 Å². The second-order valence-electron chi connectivity index (χ2n) is 2.53. The number of rotatable bonds is 0. The van der Waals surface area contributed by atoms with E-state index in [1.54, 1.807) is 0 Å². The minimum atomic E-state index is 0.0914. The first-order chi connectivity index (χ1) is 4.33. The standard InChI is InChI=1S/C8H12O/c1-3-8-6-4-5-7(2)9-8/h1,7-8H,4-6H2,2H3. The fourth-order valence-electron chi connectivity index (χ4n) is 1.13. The lowest BCUT2D eigenvalue weighted by Crippen LogP contribution is -2.23. The Bertz CT molecular complexity index is 123. The number of hydrogen-bond acceptors (Lipinski definition) is 1. The molecule has 0 aliphatic carbocycles. The van der Waals surface area contributed by atoms with E-state index in [9.17, 15) is 0 Å². The summed E-state index contributed by atoms with van der Waals surface area (Å²) in [7, 11) is 0. The van der Waals surface area contributed by atoms with Crippen molar-refractivity contribution < 1.29 is 4.74 Å². The minimum absolute atomic E-state index is 0.0914. The molecule has 2 unspecified atom stereocenters. The number of hydrogen-bond donors (Lipinski definition) is 0. The molecule has 1 rings (SSSR count). The highest BCUT2D eigenvalue weighted by atomic mass is 16.5. The molecule has 0 radical (unpaired) electrons. The first-order valence-electron chi connectivity index (χ1n) is 3.44. The van der Waals surface area contributed by atoms with Crippen LogP contribution >= 0.6 is 0 Å². The van der Waals surface area contributed by atoms with Crippen LogP contribution in [0.5, 0.6) is 0 Å². The highest BCUT2D eigenvalue weighted by molar-refractivity contribution is 4.96. The molecule has 1 fully saturated rings. The summed E-state index contributed by atoms with van der Waals surface area (Å²) < 4.78 is 5.40. The molecular formula is C8H12O. The molecule has 1 heteroatoms. The molecule has 0 bridgehead atoms. The summed E-state index contributed by atoms with van der Waals surface area (Å²) in [4.78, 5) is 0. The molecule has 2 atom stereocenters. The van der Waals surface area contributed by atoms with Crippen molar-refractivity contribution in [3.8, 4) is 12.3 Å². The number of terminal acetylenes is 1. The third-order valence-electron chi connectivity index (χ3n) is 1.66. The van der Waals surface area contributed by atoms with Gasteiger partial charge in [0.05, 0.1) is 6.10 Å². The van der Waals surface area contributed by atoms with Gasteiger partial charge in [0.1, 0.15) is 6.10 Å². The van der Waals surface area contributed by atoms with Gasteiger partial charge in [0.2, 0.25) is 0 Å². The molecule has 9 heavy (non-hydrogen) atoms. The zero-order chi connectivity index (χ0) is 6.69. The Morgan fingerprint density at radius 3 is 2.78 bits per heavy atom. The van der Waals surface area contributed by atoms with E-state index in [0.717, 1.165) is 12.8 Å². The predicted molar refractivity (Wildman–Crippen MR) is 37.0 cm³/mol. The van der Waals surface area contributed by atoms with Gasteiger partial charge in [-0.3, -0.25) is 0 Å². The van der Waals surface area contributed by atoms with Crippen molar-refractivity contribution >= 4 is 0 Å². The fourth-order valence-corrected chi connectivity index (χ4v) is 1.13. The summed E-state index contributed by atoms with van der Waals surface area (Å²) in [6.07, 6.45) is 9.08. The summed E-state index contributed by atoms with van der Waals surface area (Å²) in [5.41, 5.74) is 0. The van der Waals surface area contributed by atoms with E-state index in [1.165, 1.54) is 6.42 Å². The van der Waals surface area contributed by atoms with Gasteiger partial charge in [-0.15, -0.1) is 6.42 Å². The Kier molecular flexibility index (Phi) is 2.13. The fraction of sp³-hybridized carbons (Fsp3) is 0.750. The lowest BCUT2D eigenvalue weighted by molar-refractivity contribution is -0.00900. The van der Waals surface area contributed by atoms with Gasteiger partial charge in [-0.2, -0.15) is 0 Å². The van der Waals surface area contributed by atoms with E-state index in [2.05, 4.69) is 12.8 Å². The highest BCUT2D eigenvalue weighted by Gasteiger charge is 2.15. The molecule has 0 amide bonds. The van der Waals surface area contributed by atoms with Crippen LogP contribution in [0.1, 0.15) is 26.2 Å². The summed E-state index contributed by atoms with van der Waals surface area (Å²) in [5.74, 6) is 2.61. The lowest BCUT2D eigenvalue weighted by atomic mass is 10.1. The molecule has 1 aliphatic rings. The first kappa shape index (κ1) is 6.64. The van der Waals surface area contributed by atoms with Gasteiger partial charge in [0, 0.05) is 0 Å². The maximum absolute atomic E-state index is 5.40. The van der Waals surface area contributed by atoms with Crippen molar-refractivity contribution in [3.63, 3.8) is 0 Å². The third kappa shape index (κ3) is 1.73. The summed E-state index contributed by atoms with van der Waals surface area (Å²) in [5, 5.41) is 0. The van der Waals surface area contributed by atoms with Gasteiger partial charge in [0.25, 0.3) is 0 Å². The summed E-state index contributed by atoms with van der Waals surface area (Å²) in [6, 6.07) is 0. The van der Waals surface area contributed by atoms with Crippen LogP contribution < -0.4 is 0 Å². The largest absolute Gasteiger partial charge is 0.363 e. The molecule has 0 spiro atoms. The van der Waals surface area contributed by atoms with Crippen LogP contribution in [0.2, 0.25) is 0 Å². The Hall–Kier alpha value is -0.480. The van der Waals surface area contributed by atoms with Gasteiger partial charge < -0.3 is 4.74 Å². The average molecular weight is 124 g/mol. The van der Waals surface area contributed by atoms with E-state index >= 15 is 0 Å². The summed E-state index contributed by atoms with van der Waals surface area (Å²) >= 11 is 0. The second kappa shape index (κ2) is 2.89. The van der Waals surface area contributed by atoms with E-state index in [0.29, 0.717) is 6.10 Å². The number of ether oxygens (including phenoxy) is 1. The van der Waals surface area contributed by atoms with Crippen LogP contribution in [0.15, 0.2) is 0 Å². The molecule has 0 aromatic heterocycles. The lowest BCUT2D eigenvalue weighted by Gasteiger charge is -2.23. The molecule has 1 saturated heterocycles. The summed E-state index contributed by atoms with van der Waals surface area (Å²) in [6.45, 7) is 2.07. The van der Waals surface area contributed by atoms with E-state index in [4.69, 9.17) is 11.2 Å². The molecular weight excluding hydrogens is 112 g/mol. The van der Waals surface area contributed by atoms with Crippen molar-refractivity contribution in [1.82, 2.24) is 0 Å². The van der Waals surface area contributed by atoms with Crippen molar-refractivity contribution in [2.75, 3.05) is 0 Å². The molecule has 0 N–H and O–H groups in total. The molecule has 0 saturated carbocycles. The Balaban J connectivity index is 2.34. The van der Waals surface area contributed by atoms with Crippen LogP contribution in [-0.2, 0) is 4.74 Å². The second-order valence-corrected chi connectivity index (χ2v) is 2.53. The maximum atomic E-state index is 5.40. The van der Waals surface area contributed by atoms with Crippen LogP contribution in [0.25, 0.3) is 0 Å². The molecule has 0 aromatic carbocycles. The van der Waals surface area contributed by atoms with Gasteiger partial charge >= 0.3 is 0 Å². The SMILES string of the molecule is C#CC1CCCC(C)O1. The molecule has 1 aliphatic heterocycles. The van der Waals surface area contributed by atoms with Gasteiger partial charge in [0.15, 0.2) is 0 Å². The molecule has 1 nitrogen and oxygen atoms in total. The van der Waals surface area contributed by atoms with Gasteiger partial charge in [-0.25, -0.2) is 0 Å². The Morgan fingerprint density at radius 2 is 2.33 bits per heavy atom. The van der Waals surface area contributed by atoms with Crippen LogP contribution in [0.4, 0.5) is 0 Å². The smallest absolute Gasteiger partial charge is 0.118 e. The Morgan fingerprint density at radius 1 is 1.56 bits per heavy atom. The molecule has 0 aromatic rings. The normalized spacial score (nSPS) is 35.6. The Labute approximate surface area is 56.4 Å². The third-order valence-corrected chi connectivity index (χ3v) is 1.66. The quantitative estimate of drug-likeness (QED) is 0.445. The molecule has 50 valence electrons. The van der Waals surface area contributed by atoms with E-state index in [-0.39, 0.29) is 6.10 Å². The zero-order valence-corrected chi connectivity index (χ0v) is 5.76. The van der Waals surface area contributed by atoms with Crippen molar-refractivity contribution in [3.05, 3.63) is 0 Å². The topological polar surface area (TPSA) is 9.23 Å². The monoisotopic (exact) mass is 124 g/mol. The van der Waals surface area contributed by atoms with Crippen molar-refractivity contribution in [1.29, 1.82) is 0 Å². The first-order valence-corrected chi connectivity index (χ1v) is 3.44. The highest BCUT2D eigenvalue weighted by Crippen LogP contribution is 2.17. The van der Waals surface area contributed by atoms with Crippen molar-refractivity contribution in [2.45, 2.75) is 38.4 Å². The zero-order valence-electron chi connectivity index (χ0n) is 5.76. The van der Waals surface area contributed by atoms with Crippen LogP contribution in [0, 0.1) is 12.3 Å². The van der Waals surface area contributed by atoms with Crippen LogP contribution in [-0.4, -0.2) is 12.2 Å². The average Bonchev–Trinajstić information content (AvgIpc) is 1.88. The predicted octanol–water partition coefficient (Wildman–Crippen LogP) is 1.58. The van der Waals surface area contributed by atoms with Crippen LogP contribution in [0.3, 0.4) is 0 Å². The van der Waals surface area contributed by atoms with E-state index in [1.807, 2.05) is 0 Å². The van der Waals surface area contributed by atoms with Gasteiger partial charge in [-0.05, 0) is 26.2 Å². The van der Waals surface area contributed by atoms with Crippen molar-refractivity contribution in [2.24, 2.45) is 0 Å². The molecule has 1 heterocycles. The maximum Gasteiger partial charge on any atom is 0.118 e.